The highest BCUT2D eigenvalue weighted by Gasteiger charge is 2.26. The van der Waals surface area contributed by atoms with Gasteiger partial charge in [-0.25, -0.2) is 0 Å². The quantitative estimate of drug-likeness (QED) is 0.871. The minimum absolute atomic E-state index is 0.222. The van der Waals surface area contributed by atoms with Gasteiger partial charge in [-0.05, 0) is 25.3 Å². The summed E-state index contributed by atoms with van der Waals surface area (Å²) in [5.74, 6) is 1.67. The zero-order valence-corrected chi connectivity index (χ0v) is 13.2. The van der Waals surface area contributed by atoms with Crippen molar-refractivity contribution in [3.63, 3.8) is 0 Å². The van der Waals surface area contributed by atoms with Crippen molar-refractivity contribution in [3.8, 4) is 0 Å². The average molecular weight is 298 g/mol. The molecule has 5 heteroatoms. The SMILES string of the molecule is Cc1ccc(CC(=O)N2CCC(c3nncn3C)CC2)cc1. The number of benzene rings is 1. The van der Waals surface area contributed by atoms with E-state index in [2.05, 4.69) is 29.3 Å². The first-order valence-corrected chi connectivity index (χ1v) is 7.80. The third-order valence-corrected chi connectivity index (χ3v) is 4.44. The van der Waals surface area contributed by atoms with Gasteiger partial charge in [-0.3, -0.25) is 4.79 Å². The van der Waals surface area contributed by atoms with Gasteiger partial charge in [-0.1, -0.05) is 29.8 Å². The molecule has 1 saturated heterocycles. The van der Waals surface area contributed by atoms with Crippen LogP contribution in [0, 0.1) is 6.92 Å². The molecule has 3 rings (SSSR count). The number of carbonyl (C=O) groups is 1. The Labute approximate surface area is 131 Å². The average Bonchev–Trinajstić information content (AvgIpc) is 2.96. The summed E-state index contributed by atoms with van der Waals surface area (Å²) in [5, 5.41) is 8.14. The lowest BCUT2D eigenvalue weighted by molar-refractivity contribution is -0.131. The fraction of sp³-hybridized carbons (Fsp3) is 0.471. The predicted octanol–water partition coefficient (Wildman–Crippen LogP) is 2.07. The molecule has 22 heavy (non-hydrogen) atoms. The third kappa shape index (κ3) is 3.18. The molecule has 0 atom stereocenters. The predicted molar refractivity (Wildman–Crippen MR) is 84.4 cm³/mol. The normalized spacial score (nSPS) is 16.0. The first-order valence-electron chi connectivity index (χ1n) is 7.80. The number of hydrogen-bond donors (Lipinski definition) is 0. The Hall–Kier alpha value is -2.17. The summed E-state index contributed by atoms with van der Waals surface area (Å²) in [6.07, 6.45) is 4.16. The highest BCUT2D eigenvalue weighted by molar-refractivity contribution is 5.78. The Morgan fingerprint density at radius 1 is 1.23 bits per heavy atom. The van der Waals surface area contributed by atoms with Gasteiger partial charge in [0.25, 0.3) is 0 Å². The number of rotatable bonds is 3. The van der Waals surface area contributed by atoms with Crippen LogP contribution in [0.4, 0.5) is 0 Å². The van der Waals surface area contributed by atoms with Crippen LogP contribution < -0.4 is 0 Å². The van der Waals surface area contributed by atoms with E-state index in [1.807, 2.05) is 28.6 Å². The number of piperidine rings is 1. The summed E-state index contributed by atoms with van der Waals surface area (Å²) in [6, 6.07) is 8.20. The highest BCUT2D eigenvalue weighted by atomic mass is 16.2. The molecule has 5 nitrogen and oxygen atoms in total. The van der Waals surface area contributed by atoms with Crippen LogP contribution in [0.25, 0.3) is 0 Å². The van der Waals surface area contributed by atoms with Gasteiger partial charge in [-0.15, -0.1) is 10.2 Å². The van der Waals surface area contributed by atoms with Crippen molar-refractivity contribution < 1.29 is 4.79 Å². The number of carbonyl (C=O) groups excluding carboxylic acids is 1. The van der Waals surface area contributed by atoms with Crippen LogP contribution in [0.5, 0.6) is 0 Å². The van der Waals surface area contributed by atoms with Crippen molar-refractivity contribution in [1.82, 2.24) is 19.7 Å². The molecule has 1 aliphatic rings. The molecular weight excluding hydrogens is 276 g/mol. The van der Waals surface area contributed by atoms with Gasteiger partial charge >= 0.3 is 0 Å². The lowest BCUT2D eigenvalue weighted by atomic mass is 9.95. The van der Waals surface area contributed by atoms with E-state index >= 15 is 0 Å². The Morgan fingerprint density at radius 2 is 1.91 bits per heavy atom. The molecule has 1 fully saturated rings. The van der Waals surface area contributed by atoms with Crippen molar-refractivity contribution in [3.05, 3.63) is 47.5 Å². The molecule has 0 radical (unpaired) electrons. The Balaban J connectivity index is 1.56. The maximum absolute atomic E-state index is 12.4. The smallest absolute Gasteiger partial charge is 0.226 e. The molecule has 1 aromatic heterocycles. The van der Waals surface area contributed by atoms with Crippen LogP contribution in [-0.4, -0.2) is 38.7 Å². The van der Waals surface area contributed by atoms with Crippen molar-refractivity contribution in [2.75, 3.05) is 13.1 Å². The van der Waals surface area contributed by atoms with Gasteiger partial charge in [0.15, 0.2) is 0 Å². The minimum atomic E-state index is 0.222. The van der Waals surface area contributed by atoms with Gasteiger partial charge in [0.2, 0.25) is 5.91 Å². The highest BCUT2D eigenvalue weighted by Crippen LogP contribution is 2.26. The number of likely N-dealkylation sites (tertiary alicyclic amines) is 1. The van der Waals surface area contributed by atoms with E-state index in [1.54, 1.807) is 6.33 Å². The molecule has 0 spiro atoms. The van der Waals surface area contributed by atoms with E-state index in [9.17, 15) is 4.79 Å². The molecule has 116 valence electrons. The Morgan fingerprint density at radius 3 is 2.50 bits per heavy atom. The van der Waals surface area contributed by atoms with Gasteiger partial charge < -0.3 is 9.47 Å². The van der Waals surface area contributed by atoms with Crippen LogP contribution in [0.1, 0.15) is 35.7 Å². The second-order valence-corrected chi connectivity index (χ2v) is 6.12. The lowest BCUT2D eigenvalue weighted by Crippen LogP contribution is -2.39. The van der Waals surface area contributed by atoms with E-state index in [0.29, 0.717) is 12.3 Å². The van der Waals surface area contributed by atoms with Gasteiger partial charge in [0, 0.05) is 26.1 Å². The Bertz CT molecular complexity index is 639. The second kappa shape index (κ2) is 6.30. The first kappa shape index (κ1) is 14.8. The molecule has 1 aromatic carbocycles. The van der Waals surface area contributed by atoms with Crippen molar-refractivity contribution in [2.24, 2.45) is 7.05 Å². The molecule has 0 N–H and O–H groups in total. The fourth-order valence-electron chi connectivity index (χ4n) is 3.04. The Kier molecular flexibility index (Phi) is 4.22. The van der Waals surface area contributed by atoms with E-state index in [1.165, 1.54) is 5.56 Å². The van der Waals surface area contributed by atoms with Gasteiger partial charge in [0.05, 0.1) is 6.42 Å². The summed E-state index contributed by atoms with van der Waals surface area (Å²) < 4.78 is 1.98. The van der Waals surface area contributed by atoms with Crippen molar-refractivity contribution >= 4 is 5.91 Å². The van der Waals surface area contributed by atoms with E-state index in [-0.39, 0.29) is 5.91 Å². The molecular formula is C17H22N4O. The maximum atomic E-state index is 12.4. The summed E-state index contributed by atoms with van der Waals surface area (Å²) in [7, 11) is 1.98. The second-order valence-electron chi connectivity index (χ2n) is 6.12. The molecule has 0 bridgehead atoms. The molecule has 1 aliphatic heterocycles. The summed E-state index contributed by atoms with van der Waals surface area (Å²) in [5.41, 5.74) is 2.31. The number of aryl methyl sites for hydroxylation is 2. The maximum Gasteiger partial charge on any atom is 0.226 e. The van der Waals surface area contributed by atoms with Crippen LogP contribution in [0.2, 0.25) is 0 Å². The van der Waals surface area contributed by atoms with Gasteiger partial charge in [0.1, 0.15) is 12.2 Å². The van der Waals surface area contributed by atoms with E-state index in [4.69, 9.17) is 0 Å². The molecule has 0 saturated carbocycles. The molecule has 0 unspecified atom stereocenters. The van der Waals surface area contributed by atoms with Crippen molar-refractivity contribution in [1.29, 1.82) is 0 Å². The van der Waals surface area contributed by atoms with Crippen LogP contribution in [-0.2, 0) is 18.3 Å². The molecule has 0 aliphatic carbocycles. The molecule has 1 amide bonds. The molecule has 2 heterocycles. The lowest BCUT2D eigenvalue weighted by Gasteiger charge is -2.31. The molecule has 2 aromatic rings. The summed E-state index contributed by atoms with van der Waals surface area (Å²) in [4.78, 5) is 14.4. The third-order valence-electron chi connectivity index (χ3n) is 4.44. The number of amides is 1. The largest absolute Gasteiger partial charge is 0.342 e. The monoisotopic (exact) mass is 298 g/mol. The number of hydrogen-bond acceptors (Lipinski definition) is 3. The number of nitrogens with zero attached hydrogens (tertiary/aromatic N) is 4. The zero-order valence-electron chi connectivity index (χ0n) is 13.2. The standard InChI is InChI=1S/C17H22N4O/c1-13-3-5-14(6-4-13)11-16(22)21-9-7-15(8-10-21)17-19-18-12-20(17)2/h3-6,12,15H,7-11H2,1-2H3. The topological polar surface area (TPSA) is 51.0 Å². The summed E-state index contributed by atoms with van der Waals surface area (Å²) in [6.45, 7) is 3.67. The van der Waals surface area contributed by atoms with Gasteiger partial charge in [-0.2, -0.15) is 0 Å². The van der Waals surface area contributed by atoms with Crippen LogP contribution >= 0.6 is 0 Å². The zero-order chi connectivity index (χ0) is 15.5. The summed E-state index contributed by atoms with van der Waals surface area (Å²) >= 11 is 0. The van der Waals surface area contributed by atoms with E-state index < -0.39 is 0 Å². The van der Waals surface area contributed by atoms with Crippen LogP contribution in [0.15, 0.2) is 30.6 Å². The first-order chi connectivity index (χ1) is 10.6. The van der Waals surface area contributed by atoms with Crippen molar-refractivity contribution in [2.45, 2.75) is 32.1 Å². The van der Waals surface area contributed by atoms with E-state index in [0.717, 1.165) is 37.3 Å². The minimum Gasteiger partial charge on any atom is -0.342 e. The number of aromatic nitrogens is 3. The van der Waals surface area contributed by atoms with Crippen LogP contribution in [0.3, 0.4) is 0 Å². The fourth-order valence-corrected chi connectivity index (χ4v) is 3.04.